The molecule has 320 valence electrons. The van der Waals surface area contributed by atoms with Crippen molar-refractivity contribution in [1.29, 1.82) is 0 Å². The van der Waals surface area contributed by atoms with Gasteiger partial charge in [0.1, 0.15) is 61.0 Å². The third kappa shape index (κ3) is 13.4. The first-order valence-electron chi connectivity index (χ1n) is 17.3. The van der Waals surface area contributed by atoms with Crippen LogP contribution in [0.2, 0.25) is 0 Å². The molecule has 0 aliphatic carbocycles. The first kappa shape index (κ1) is 47.6. The standard InChI is InChI=1S/C29H54N4O20P2/c1-12(35)31-20-18(51-15(7-34)23(38)26(20)41)10-54(44,45)49-8-16-24(39)27(42)21(32-13(2)36)19(52-16)11-55(46,47)50-9-17-25(40)28(43)22(33-14(3)37)29(53-17)48-6-4-5-30/h15-29,34,38-43H,4-11,30H2,1-3H3,(H,31,35)(H,32,36)(H,33,37)(H,44,45)(H,46,47)/t15-,16-,17-,18-,19-,20-,21-,22+,23-,24-,25-,26-,27-,28-,29-/m1/s1. The number of carbonyl (C=O) groups excluding carboxylic acids is 3. The third-order valence-corrected chi connectivity index (χ3v) is 11.8. The molecular formula is C29H54N4O20P2. The minimum absolute atomic E-state index is 0.0316. The van der Waals surface area contributed by atoms with Crippen molar-refractivity contribution in [3.63, 3.8) is 0 Å². The van der Waals surface area contributed by atoms with Gasteiger partial charge >= 0.3 is 15.2 Å². The second-order valence-electron chi connectivity index (χ2n) is 13.5. The Labute approximate surface area is 315 Å². The number of aliphatic hydroxyl groups excluding tert-OH is 7. The van der Waals surface area contributed by atoms with Crippen LogP contribution in [0.25, 0.3) is 0 Å². The van der Waals surface area contributed by atoms with E-state index in [2.05, 4.69) is 16.0 Å². The van der Waals surface area contributed by atoms with Crippen LogP contribution >= 0.6 is 15.2 Å². The average molecular weight is 841 g/mol. The maximum atomic E-state index is 13.4. The Morgan fingerprint density at radius 2 is 1.00 bits per heavy atom. The molecule has 3 saturated heterocycles. The smallest absolute Gasteiger partial charge is 0.330 e. The summed E-state index contributed by atoms with van der Waals surface area (Å²) >= 11 is 0. The molecule has 0 saturated carbocycles. The van der Waals surface area contributed by atoms with Gasteiger partial charge in [-0.15, -0.1) is 0 Å². The fourth-order valence-corrected chi connectivity index (χ4v) is 8.84. The lowest BCUT2D eigenvalue weighted by Gasteiger charge is -2.44. The van der Waals surface area contributed by atoms with Crippen molar-refractivity contribution in [3.05, 3.63) is 0 Å². The molecule has 55 heavy (non-hydrogen) atoms. The number of aliphatic hydroxyl groups is 7. The van der Waals surface area contributed by atoms with Gasteiger partial charge in [-0.1, -0.05) is 0 Å². The van der Waals surface area contributed by atoms with Crippen LogP contribution in [0.3, 0.4) is 0 Å². The molecule has 14 N–H and O–H groups in total. The molecule has 0 bridgehead atoms. The summed E-state index contributed by atoms with van der Waals surface area (Å²) in [6.45, 7) is 0.986. The van der Waals surface area contributed by atoms with Crippen LogP contribution in [0.15, 0.2) is 0 Å². The molecule has 0 aromatic heterocycles. The third-order valence-electron chi connectivity index (χ3n) is 9.02. The molecule has 26 heteroatoms. The first-order valence-corrected chi connectivity index (χ1v) is 20.8. The summed E-state index contributed by atoms with van der Waals surface area (Å²) < 4.78 is 59.3. The van der Waals surface area contributed by atoms with E-state index >= 15 is 0 Å². The lowest BCUT2D eigenvalue weighted by Crippen LogP contribution is -2.65. The Balaban J connectivity index is 1.72. The maximum Gasteiger partial charge on any atom is 0.330 e. The Morgan fingerprint density at radius 1 is 0.618 bits per heavy atom. The number of hydrogen-bond donors (Lipinski definition) is 13. The molecular weight excluding hydrogens is 786 g/mol. The summed E-state index contributed by atoms with van der Waals surface area (Å²) in [7, 11) is -9.68. The van der Waals surface area contributed by atoms with Gasteiger partial charge in [0.25, 0.3) is 0 Å². The number of amides is 3. The van der Waals surface area contributed by atoms with Crippen molar-refractivity contribution in [2.24, 2.45) is 5.73 Å². The van der Waals surface area contributed by atoms with Gasteiger partial charge in [-0.05, 0) is 13.0 Å². The van der Waals surface area contributed by atoms with Gasteiger partial charge in [-0.25, -0.2) is 0 Å². The van der Waals surface area contributed by atoms with E-state index in [-0.39, 0.29) is 13.2 Å². The van der Waals surface area contributed by atoms with Crippen LogP contribution in [-0.4, -0.2) is 200 Å². The number of rotatable bonds is 18. The van der Waals surface area contributed by atoms with Crippen molar-refractivity contribution in [3.8, 4) is 0 Å². The fraction of sp³-hybridized carbons (Fsp3) is 0.897. The Morgan fingerprint density at radius 3 is 1.42 bits per heavy atom. The largest absolute Gasteiger partial charge is 0.394 e. The molecule has 3 amide bonds. The summed E-state index contributed by atoms with van der Waals surface area (Å²) in [6.07, 6.45) is -21.2. The Hall–Kier alpha value is -1.77. The number of nitrogens with two attached hydrogens (primary N) is 1. The van der Waals surface area contributed by atoms with E-state index in [0.717, 1.165) is 20.8 Å². The van der Waals surface area contributed by atoms with Gasteiger partial charge in [0.2, 0.25) is 17.7 Å². The quantitative estimate of drug-likeness (QED) is 0.0451. The van der Waals surface area contributed by atoms with E-state index in [1.165, 1.54) is 0 Å². The summed E-state index contributed by atoms with van der Waals surface area (Å²) in [5, 5.41) is 80.4. The van der Waals surface area contributed by atoms with Crippen molar-refractivity contribution in [1.82, 2.24) is 16.0 Å². The van der Waals surface area contributed by atoms with E-state index in [1.807, 2.05) is 0 Å². The molecule has 0 spiro atoms. The second kappa shape index (κ2) is 20.8. The maximum absolute atomic E-state index is 13.4. The lowest BCUT2D eigenvalue weighted by atomic mass is 9.93. The fourth-order valence-electron chi connectivity index (χ4n) is 6.33. The van der Waals surface area contributed by atoms with Crippen LogP contribution in [0.5, 0.6) is 0 Å². The summed E-state index contributed by atoms with van der Waals surface area (Å²) in [5.41, 5.74) is 5.48. The molecule has 0 radical (unpaired) electrons. The van der Waals surface area contributed by atoms with Gasteiger partial charge in [0.15, 0.2) is 6.29 Å². The van der Waals surface area contributed by atoms with Gasteiger partial charge in [0, 0.05) is 20.8 Å². The topological polar surface area (TPSA) is 385 Å². The minimum atomic E-state index is -4.86. The van der Waals surface area contributed by atoms with Crippen LogP contribution in [0, 0.1) is 0 Å². The highest BCUT2D eigenvalue weighted by molar-refractivity contribution is 7.53. The molecule has 3 rings (SSSR count). The molecule has 3 heterocycles. The van der Waals surface area contributed by atoms with E-state index in [1.54, 1.807) is 0 Å². The monoisotopic (exact) mass is 840 g/mol. The first-order chi connectivity index (χ1) is 25.6. The number of ether oxygens (including phenoxy) is 4. The zero-order valence-corrected chi connectivity index (χ0v) is 32.1. The molecule has 0 aromatic carbocycles. The highest BCUT2D eigenvalue weighted by atomic mass is 31.2. The number of hydrogen-bond acceptors (Lipinski definition) is 19. The normalized spacial score (nSPS) is 39.0. The Bertz CT molecular complexity index is 1390. The van der Waals surface area contributed by atoms with Crippen molar-refractivity contribution < 1.29 is 97.0 Å². The Kier molecular flexibility index (Phi) is 18.0. The zero-order valence-electron chi connectivity index (χ0n) is 30.3. The minimum Gasteiger partial charge on any atom is -0.394 e. The van der Waals surface area contributed by atoms with Crippen LogP contribution in [0.4, 0.5) is 0 Å². The predicted molar refractivity (Wildman–Crippen MR) is 183 cm³/mol. The van der Waals surface area contributed by atoms with Crippen LogP contribution in [0.1, 0.15) is 27.2 Å². The van der Waals surface area contributed by atoms with Gasteiger partial charge in [-0.2, -0.15) is 0 Å². The SMILES string of the molecule is CC(=O)N[C@@H]1[C@H](OCCCN)O[C@H](COP(=O)(O)C[C@H]2O[C@H](COP(=O)(O)C[C@H]3O[C@H](CO)[C@@H](O)[C@H](O)[C@@H]3NC(C)=O)[C@@H](O)[C@H](O)[C@@H]2NC(C)=O)[C@@H](O)[C@@H]1O. The van der Waals surface area contributed by atoms with E-state index < -0.39 is 157 Å². The molecule has 24 nitrogen and oxygen atoms in total. The molecule has 2 unspecified atom stereocenters. The molecule has 3 aliphatic rings. The molecule has 17 atom stereocenters. The number of carbonyl (C=O) groups is 3. The van der Waals surface area contributed by atoms with E-state index in [9.17, 15) is 69.0 Å². The highest BCUT2D eigenvalue weighted by Crippen LogP contribution is 2.47. The molecule has 3 fully saturated rings. The zero-order chi connectivity index (χ0) is 41.4. The van der Waals surface area contributed by atoms with Crippen molar-refractivity contribution in [2.45, 2.75) is 119 Å². The summed E-state index contributed by atoms with van der Waals surface area (Å²) in [4.78, 5) is 57.0. The second-order valence-corrected chi connectivity index (χ2v) is 17.3. The van der Waals surface area contributed by atoms with Crippen molar-refractivity contribution >= 4 is 32.9 Å². The lowest BCUT2D eigenvalue weighted by molar-refractivity contribution is -0.269. The highest BCUT2D eigenvalue weighted by Gasteiger charge is 2.51. The van der Waals surface area contributed by atoms with Crippen LogP contribution in [-0.2, 0) is 51.5 Å². The van der Waals surface area contributed by atoms with E-state index in [0.29, 0.717) is 6.42 Å². The molecule has 0 aromatic rings. The summed E-state index contributed by atoms with van der Waals surface area (Å²) in [5.74, 6) is -2.01. The average Bonchev–Trinajstić information content (AvgIpc) is 3.09. The molecule has 3 aliphatic heterocycles. The van der Waals surface area contributed by atoms with Gasteiger partial charge < -0.3 is 95.2 Å². The van der Waals surface area contributed by atoms with Crippen LogP contribution < -0.4 is 21.7 Å². The summed E-state index contributed by atoms with van der Waals surface area (Å²) in [6, 6.07) is -4.19. The van der Waals surface area contributed by atoms with Crippen molar-refractivity contribution in [2.75, 3.05) is 45.3 Å². The van der Waals surface area contributed by atoms with Gasteiger partial charge in [-0.3, -0.25) is 23.5 Å². The predicted octanol–water partition coefficient (Wildman–Crippen LogP) is -6.31. The number of nitrogens with one attached hydrogen (secondary N) is 3. The van der Waals surface area contributed by atoms with E-state index in [4.69, 9.17) is 33.7 Å². The van der Waals surface area contributed by atoms with Gasteiger partial charge in [0.05, 0.1) is 63.0 Å².